The van der Waals surface area contributed by atoms with Gasteiger partial charge in [0, 0.05) is 12.5 Å². The van der Waals surface area contributed by atoms with Gasteiger partial charge < -0.3 is 14.9 Å². The summed E-state index contributed by atoms with van der Waals surface area (Å²) in [5, 5.41) is 18.7. The van der Waals surface area contributed by atoms with Gasteiger partial charge in [0.15, 0.2) is 0 Å². The fourth-order valence-corrected chi connectivity index (χ4v) is 1.60. The van der Waals surface area contributed by atoms with Gasteiger partial charge >= 0.3 is 0 Å². The molecular formula is C8H15BO3. The molecule has 2 radical (unpaired) electrons. The van der Waals surface area contributed by atoms with Crippen LogP contribution < -0.4 is 0 Å². The van der Waals surface area contributed by atoms with Gasteiger partial charge in [0.05, 0.1) is 26.7 Å². The molecule has 1 unspecified atom stereocenters. The van der Waals surface area contributed by atoms with Crippen molar-refractivity contribution in [1.29, 1.82) is 0 Å². The maximum Gasteiger partial charge on any atom is 0.0844 e. The van der Waals surface area contributed by atoms with E-state index in [4.69, 9.17) is 12.6 Å². The summed E-state index contributed by atoms with van der Waals surface area (Å²) < 4.78 is 5.16. The summed E-state index contributed by atoms with van der Waals surface area (Å²) in [7, 11) is 5.57. The second-order valence-corrected chi connectivity index (χ2v) is 3.30. The van der Waals surface area contributed by atoms with Gasteiger partial charge in [-0.2, -0.15) is 0 Å². The lowest BCUT2D eigenvalue weighted by atomic mass is 9.84. The largest absolute Gasteiger partial charge is 0.391 e. The third-order valence-electron chi connectivity index (χ3n) is 2.38. The molecule has 0 spiro atoms. The molecule has 4 atom stereocenters. The molecule has 2 N–H and O–H groups in total. The lowest BCUT2D eigenvalue weighted by Crippen LogP contribution is -2.28. The van der Waals surface area contributed by atoms with Gasteiger partial charge in [0.25, 0.3) is 0 Å². The molecule has 0 bridgehead atoms. The molecule has 1 aliphatic carbocycles. The molecule has 1 saturated carbocycles. The molecule has 0 saturated heterocycles. The Balaban J connectivity index is 2.36. The van der Waals surface area contributed by atoms with Crippen molar-refractivity contribution in [3.8, 4) is 0 Å². The van der Waals surface area contributed by atoms with Crippen molar-refractivity contribution in [2.75, 3.05) is 13.2 Å². The Morgan fingerprint density at radius 1 is 1.42 bits per heavy atom. The summed E-state index contributed by atoms with van der Waals surface area (Å²) in [5.74, 6) is -0.305. The number of hydrogen-bond donors (Lipinski definition) is 2. The summed E-state index contributed by atoms with van der Waals surface area (Å²) in [6, 6.07) is 0. The van der Waals surface area contributed by atoms with Gasteiger partial charge in [-0.15, -0.1) is 0 Å². The topological polar surface area (TPSA) is 49.7 Å². The van der Waals surface area contributed by atoms with Gasteiger partial charge in [-0.05, 0) is 19.2 Å². The molecule has 1 aliphatic rings. The minimum atomic E-state index is -0.782. The zero-order valence-electron chi connectivity index (χ0n) is 7.31. The Kier molecular flexibility index (Phi) is 3.56. The van der Waals surface area contributed by atoms with E-state index in [1.165, 1.54) is 0 Å². The van der Waals surface area contributed by atoms with E-state index >= 15 is 0 Å². The summed E-state index contributed by atoms with van der Waals surface area (Å²) in [5.41, 5.74) is 0. The fraction of sp³-hybridized carbons (Fsp3) is 1.00. The van der Waals surface area contributed by atoms with Crippen LogP contribution in [-0.2, 0) is 4.74 Å². The Bertz CT molecular complexity index is 142. The molecule has 0 heterocycles. The molecule has 0 aliphatic heterocycles. The van der Waals surface area contributed by atoms with Crippen molar-refractivity contribution in [1.82, 2.24) is 0 Å². The smallest absolute Gasteiger partial charge is 0.0844 e. The van der Waals surface area contributed by atoms with Crippen LogP contribution in [0.3, 0.4) is 0 Å². The lowest BCUT2D eigenvalue weighted by molar-refractivity contribution is -0.00612. The predicted octanol–water partition coefficient (Wildman–Crippen LogP) is -0.278. The second-order valence-electron chi connectivity index (χ2n) is 3.30. The van der Waals surface area contributed by atoms with E-state index in [0.29, 0.717) is 19.6 Å². The highest BCUT2D eigenvalue weighted by Crippen LogP contribution is 2.33. The first-order valence-corrected chi connectivity index (χ1v) is 4.36. The van der Waals surface area contributed by atoms with Gasteiger partial charge in [-0.25, -0.2) is 0 Å². The van der Waals surface area contributed by atoms with E-state index in [0.717, 1.165) is 0 Å². The SMILES string of the molecule is [B][C@@H]1C[C@H](COCC)C(O)[C@@H]1O. The van der Waals surface area contributed by atoms with E-state index in [-0.39, 0.29) is 11.7 Å². The van der Waals surface area contributed by atoms with Crippen LogP contribution in [0.4, 0.5) is 0 Å². The monoisotopic (exact) mass is 170 g/mol. The standard InChI is InChI=1S/C8H15BO3/c1-2-12-4-5-3-6(9)8(11)7(5)10/h5-8,10-11H,2-4H2,1H3/t5-,6-,7?,8-/m1/s1. The average molecular weight is 170 g/mol. The van der Waals surface area contributed by atoms with E-state index in [1.54, 1.807) is 0 Å². The van der Waals surface area contributed by atoms with Crippen molar-refractivity contribution in [3.63, 3.8) is 0 Å². The van der Waals surface area contributed by atoms with Crippen LogP contribution in [-0.4, -0.2) is 43.5 Å². The third kappa shape index (κ3) is 2.00. The van der Waals surface area contributed by atoms with Crippen LogP contribution in [0.15, 0.2) is 0 Å². The summed E-state index contributed by atoms with van der Waals surface area (Å²) in [4.78, 5) is 0. The third-order valence-corrected chi connectivity index (χ3v) is 2.38. The summed E-state index contributed by atoms with van der Waals surface area (Å²) in [6.07, 6.45) is -0.857. The highest BCUT2D eigenvalue weighted by molar-refractivity contribution is 6.12. The molecule has 0 aromatic rings. The molecule has 3 nitrogen and oxygen atoms in total. The first-order chi connectivity index (χ1) is 5.66. The zero-order chi connectivity index (χ0) is 9.14. The number of hydrogen-bond acceptors (Lipinski definition) is 3. The molecule has 4 heteroatoms. The predicted molar refractivity (Wildman–Crippen MR) is 46.1 cm³/mol. The maximum absolute atomic E-state index is 9.44. The molecule has 1 rings (SSSR count). The van der Waals surface area contributed by atoms with Crippen molar-refractivity contribution >= 4 is 7.85 Å². The quantitative estimate of drug-likeness (QED) is 0.572. The van der Waals surface area contributed by atoms with E-state index < -0.39 is 12.2 Å². The van der Waals surface area contributed by atoms with E-state index in [9.17, 15) is 10.2 Å². The summed E-state index contributed by atoms with van der Waals surface area (Å²) >= 11 is 0. The molecule has 12 heavy (non-hydrogen) atoms. The lowest BCUT2D eigenvalue weighted by Gasteiger charge is -2.15. The molecule has 0 amide bonds. The van der Waals surface area contributed by atoms with Crippen LogP contribution >= 0.6 is 0 Å². The minimum Gasteiger partial charge on any atom is -0.391 e. The second kappa shape index (κ2) is 4.26. The first-order valence-electron chi connectivity index (χ1n) is 4.36. The van der Waals surface area contributed by atoms with Gasteiger partial charge in [-0.1, -0.05) is 0 Å². The van der Waals surface area contributed by atoms with Gasteiger partial charge in [0.1, 0.15) is 0 Å². The van der Waals surface area contributed by atoms with E-state index in [2.05, 4.69) is 0 Å². The molecular weight excluding hydrogens is 155 g/mol. The van der Waals surface area contributed by atoms with Crippen molar-refractivity contribution < 1.29 is 14.9 Å². The number of ether oxygens (including phenoxy) is 1. The number of rotatable bonds is 3. The van der Waals surface area contributed by atoms with Crippen LogP contribution in [0.2, 0.25) is 5.82 Å². The van der Waals surface area contributed by atoms with Gasteiger partial charge in [-0.3, -0.25) is 0 Å². The average Bonchev–Trinajstić information content (AvgIpc) is 2.30. The molecule has 0 aromatic carbocycles. The molecule has 1 fully saturated rings. The Morgan fingerprint density at radius 2 is 2.08 bits per heavy atom. The summed E-state index contributed by atoms with van der Waals surface area (Å²) in [6.45, 7) is 3.02. The van der Waals surface area contributed by atoms with Gasteiger partial charge in [0.2, 0.25) is 0 Å². The number of aliphatic hydroxyl groups excluding tert-OH is 2. The molecule has 0 aromatic heterocycles. The normalized spacial score (nSPS) is 41.9. The zero-order valence-corrected chi connectivity index (χ0v) is 7.31. The Labute approximate surface area is 74.1 Å². The van der Waals surface area contributed by atoms with Crippen molar-refractivity contribution in [2.45, 2.75) is 31.4 Å². The van der Waals surface area contributed by atoms with Crippen molar-refractivity contribution in [2.24, 2.45) is 5.92 Å². The Hall–Kier alpha value is -0.0551. The van der Waals surface area contributed by atoms with Crippen LogP contribution in [0, 0.1) is 5.92 Å². The van der Waals surface area contributed by atoms with Crippen molar-refractivity contribution in [3.05, 3.63) is 0 Å². The highest BCUT2D eigenvalue weighted by Gasteiger charge is 2.38. The highest BCUT2D eigenvalue weighted by atomic mass is 16.5. The molecule has 68 valence electrons. The number of aliphatic hydroxyl groups is 2. The van der Waals surface area contributed by atoms with E-state index in [1.807, 2.05) is 6.92 Å². The Morgan fingerprint density at radius 3 is 2.50 bits per heavy atom. The maximum atomic E-state index is 9.44. The van der Waals surface area contributed by atoms with Crippen LogP contribution in [0.5, 0.6) is 0 Å². The van der Waals surface area contributed by atoms with Crippen LogP contribution in [0.25, 0.3) is 0 Å². The fourth-order valence-electron chi connectivity index (χ4n) is 1.60. The minimum absolute atomic E-state index is 0.00468. The first kappa shape index (κ1) is 10.0. The van der Waals surface area contributed by atoms with Crippen LogP contribution in [0.1, 0.15) is 13.3 Å².